The van der Waals surface area contributed by atoms with Gasteiger partial charge in [-0.25, -0.2) is 4.52 Å². The van der Waals surface area contributed by atoms with Crippen LogP contribution >= 0.6 is 23.2 Å². The van der Waals surface area contributed by atoms with Crippen molar-refractivity contribution in [1.29, 1.82) is 5.26 Å². The van der Waals surface area contributed by atoms with Crippen molar-refractivity contribution in [3.05, 3.63) is 34.1 Å². The van der Waals surface area contributed by atoms with Crippen molar-refractivity contribution >= 4 is 28.7 Å². The van der Waals surface area contributed by atoms with Crippen LogP contribution in [-0.2, 0) is 0 Å². The molecule has 2 heterocycles. The van der Waals surface area contributed by atoms with Crippen molar-refractivity contribution in [2.24, 2.45) is 0 Å². The van der Waals surface area contributed by atoms with Gasteiger partial charge in [0.05, 0.1) is 16.2 Å². The van der Waals surface area contributed by atoms with E-state index in [1.165, 1.54) is 10.7 Å². The molecular formula is C8H3Cl2N3. The van der Waals surface area contributed by atoms with Gasteiger partial charge >= 0.3 is 0 Å². The summed E-state index contributed by atoms with van der Waals surface area (Å²) in [5.74, 6) is 0. The number of pyridine rings is 1. The third-order valence-electron chi connectivity index (χ3n) is 1.68. The van der Waals surface area contributed by atoms with Gasteiger partial charge < -0.3 is 0 Å². The van der Waals surface area contributed by atoms with Crippen LogP contribution in [0.15, 0.2) is 18.3 Å². The fourth-order valence-corrected chi connectivity index (χ4v) is 1.63. The zero-order valence-corrected chi connectivity index (χ0v) is 7.84. The standard InChI is InChI=1S/C8H3Cl2N3/c9-6-2-1-5(3-11)13-8(6)7(10)4-12-13/h1-2,4H. The molecule has 0 atom stereocenters. The van der Waals surface area contributed by atoms with Crippen LogP contribution in [-0.4, -0.2) is 9.61 Å². The Bertz CT molecular complexity index is 510. The number of rotatable bonds is 0. The lowest BCUT2D eigenvalue weighted by molar-refractivity contribution is 0.941. The number of nitriles is 1. The summed E-state index contributed by atoms with van der Waals surface area (Å²) in [5, 5.41) is 13.6. The highest BCUT2D eigenvalue weighted by molar-refractivity contribution is 6.39. The molecular weight excluding hydrogens is 209 g/mol. The second-order valence-electron chi connectivity index (χ2n) is 2.43. The number of aromatic nitrogens is 2. The van der Waals surface area contributed by atoms with E-state index in [1.807, 2.05) is 6.07 Å². The molecule has 0 saturated carbocycles. The molecule has 2 aromatic heterocycles. The third-order valence-corrected chi connectivity index (χ3v) is 2.26. The zero-order valence-electron chi connectivity index (χ0n) is 6.33. The highest BCUT2D eigenvalue weighted by Gasteiger charge is 2.08. The van der Waals surface area contributed by atoms with E-state index < -0.39 is 0 Å². The molecule has 0 aliphatic carbocycles. The first-order valence-electron chi connectivity index (χ1n) is 3.46. The molecule has 64 valence electrons. The predicted molar refractivity (Wildman–Crippen MR) is 49.9 cm³/mol. The molecule has 3 nitrogen and oxygen atoms in total. The molecule has 0 saturated heterocycles. The van der Waals surface area contributed by atoms with Gasteiger partial charge in [-0.15, -0.1) is 0 Å². The minimum atomic E-state index is 0.409. The van der Waals surface area contributed by atoms with Crippen LogP contribution in [0, 0.1) is 11.3 Å². The summed E-state index contributed by atoms with van der Waals surface area (Å²) >= 11 is 11.7. The fraction of sp³-hybridized carbons (Fsp3) is 0. The van der Waals surface area contributed by atoms with Gasteiger partial charge in [-0.2, -0.15) is 10.4 Å². The average Bonchev–Trinajstić information content (AvgIpc) is 2.50. The topological polar surface area (TPSA) is 41.1 Å². The smallest absolute Gasteiger partial charge is 0.142 e. The summed E-state index contributed by atoms with van der Waals surface area (Å²) in [5.41, 5.74) is 0.980. The molecule has 0 aliphatic heterocycles. The van der Waals surface area contributed by atoms with Crippen LogP contribution in [0.25, 0.3) is 5.52 Å². The van der Waals surface area contributed by atoms with Crippen molar-refractivity contribution in [3.63, 3.8) is 0 Å². The summed E-state index contributed by atoms with van der Waals surface area (Å²) in [6.07, 6.45) is 1.46. The summed E-state index contributed by atoms with van der Waals surface area (Å²) in [4.78, 5) is 0. The minimum absolute atomic E-state index is 0.409. The molecule has 0 radical (unpaired) electrons. The Morgan fingerprint density at radius 1 is 1.31 bits per heavy atom. The molecule has 0 aliphatic rings. The zero-order chi connectivity index (χ0) is 9.42. The second kappa shape index (κ2) is 2.91. The van der Waals surface area contributed by atoms with E-state index in [4.69, 9.17) is 28.5 Å². The minimum Gasteiger partial charge on any atom is -0.220 e. The Morgan fingerprint density at radius 2 is 2.08 bits per heavy atom. The molecule has 0 N–H and O–H groups in total. The maximum absolute atomic E-state index is 8.74. The van der Waals surface area contributed by atoms with Gasteiger partial charge in [0.25, 0.3) is 0 Å². The van der Waals surface area contributed by atoms with Crippen LogP contribution in [0.4, 0.5) is 0 Å². The van der Waals surface area contributed by atoms with Crippen LogP contribution in [0.1, 0.15) is 5.69 Å². The average molecular weight is 212 g/mol. The monoisotopic (exact) mass is 211 g/mol. The quantitative estimate of drug-likeness (QED) is 0.673. The van der Waals surface area contributed by atoms with Gasteiger partial charge in [0.15, 0.2) is 0 Å². The van der Waals surface area contributed by atoms with Gasteiger partial charge in [0.1, 0.15) is 17.3 Å². The molecule has 0 spiro atoms. The SMILES string of the molecule is N#Cc1ccc(Cl)c2c(Cl)cnn12. The lowest BCUT2D eigenvalue weighted by Crippen LogP contribution is -1.93. The van der Waals surface area contributed by atoms with E-state index in [0.29, 0.717) is 21.3 Å². The first-order chi connectivity index (χ1) is 6.24. The van der Waals surface area contributed by atoms with E-state index in [2.05, 4.69) is 5.10 Å². The largest absolute Gasteiger partial charge is 0.220 e. The Balaban J connectivity index is 2.97. The van der Waals surface area contributed by atoms with Crippen LogP contribution < -0.4 is 0 Å². The number of hydrogen-bond acceptors (Lipinski definition) is 2. The number of fused-ring (bicyclic) bond motifs is 1. The molecule has 2 rings (SSSR count). The molecule has 0 unspecified atom stereocenters. The van der Waals surface area contributed by atoms with Gasteiger partial charge in [0, 0.05) is 0 Å². The highest BCUT2D eigenvalue weighted by atomic mass is 35.5. The Kier molecular flexibility index (Phi) is 1.87. The van der Waals surface area contributed by atoms with Gasteiger partial charge in [0.2, 0.25) is 0 Å². The van der Waals surface area contributed by atoms with Gasteiger partial charge in [-0.3, -0.25) is 0 Å². The van der Waals surface area contributed by atoms with E-state index in [0.717, 1.165) is 0 Å². The van der Waals surface area contributed by atoms with Gasteiger partial charge in [-0.1, -0.05) is 23.2 Å². The first-order valence-corrected chi connectivity index (χ1v) is 4.21. The van der Waals surface area contributed by atoms with E-state index in [9.17, 15) is 0 Å². The predicted octanol–water partition coefficient (Wildman–Crippen LogP) is 2.51. The normalized spacial score (nSPS) is 10.2. The van der Waals surface area contributed by atoms with Crippen LogP contribution in [0.2, 0.25) is 10.0 Å². The number of nitrogens with zero attached hydrogens (tertiary/aromatic N) is 3. The second-order valence-corrected chi connectivity index (χ2v) is 3.25. The first kappa shape index (κ1) is 8.36. The molecule has 13 heavy (non-hydrogen) atoms. The van der Waals surface area contributed by atoms with Crippen LogP contribution in [0.5, 0.6) is 0 Å². The molecule has 0 fully saturated rings. The Morgan fingerprint density at radius 3 is 2.77 bits per heavy atom. The number of halogens is 2. The van der Waals surface area contributed by atoms with Crippen LogP contribution in [0.3, 0.4) is 0 Å². The van der Waals surface area contributed by atoms with Crippen molar-refractivity contribution in [1.82, 2.24) is 9.61 Å². The van der Waals surface area contributed by atoms with Crippen molar-refractivity contribution in [2.45, 2.75) is 0 Å². The summed E-state index contributed by atoms with van der Waals surface area (Å²) in [6.45, 7) is 0. The van der Waals surface area contributed by atoms with E-state index >= 15 is 0 Å². The Labute approximate surface area is 84.1 Å². The van der Waals surface area contributed by atoms with E-state index in [-0.39, 0.29) is 0 Å². The number of hydrogen-bond donors (Lipinski definition) is 0. The van der Waals surface area contributed by atoms with Crippen molar-refractivity contribution < 1.29 is 0 Å². The van der Waals surface area contributed by atoms with Gasteiger partial charge in [-0.05, 0) is 12.1 Å². The summed E-state index contributed by atoms with van der Waals surface area (Å²) < 4.78 is 1.42. The Hall–Kier alpha value is -1.24. The maximum Gasteiger partial charge on any atom is 0.142 e. The molecule has 0 amide bonds. The third kappa shape index (κ3) is 1.15. The highest BCUT2D eigenvalue weighted by Crippen LogP contribution is 2.25. The summed E-state index contributed by atoms with van der Waals surface area (Å²) in [7, 11) is 0. The fourth-order valence-electron chi connectivity index (χ4n) is 1.11. The lowest BCUT2D eigenvalue weighted by atomic mass is 10.3. The molecule has 5 heteroatoms. The summed E-state index contributed by atoms with van der Waals surface area (Å²) in [6, 6.07) is 5.22. The molecule has 2 aromatic rings. The van der Waals surface area contributed by atoms with E-state index in [1.54, 1.807) is 12.1 Å². The lowest BCUT2D eigenvalue weighted by Gasteiger charge is -1.97. The van der Waals surface area contributed by atoms with Crippen molar-refractivity contribution in [3.8, 4) is 6.07 Å². The maximum atomic E-state index is 8.74. The molecule has 0 aromatic carbocycles. The molecule has 0 bridgehead atoms. The van der Waals surface area contributed by atoms with Crippen molar-refractivity contribution in [2.75, 3.05) is 0 Å².